The second-order valence-corrected chi connectivity index (χ2v) is 7.89. The molecule has 0 aromatic carbocycles. The van der Waals surface area contributed by atoms with Gasteiger partial charge in [0.15, 0.2) is 0 Å². The van der Waals surface area contributed by atoms with Crippen LogP contribution in [0.15, 0.2) is 24.3 Å². The van der Waals surface area contributed by atoms with Crippen molar-refractivity contribution < 1.29 is 0 Å². The van der Waals surface area contributed by atoms with Gasteiger partial charge in [0.25, 0.3) is 0 Å². The Morgan fingerprint density at radius 2 is 1.82 bits per heavy atom. The van der Waals surface area contributed by atoms with Gasteiger partial charge in [0.2, 0.25) is 0 Å². The molecule has 0 spiro atoms. The first kappa shape index (κ1) is 21.4. The lowest BCUT2D eigenvalue weighted by Crippen LogP contribution is -2.20. The Hall–Kier alpha value is -0.650. The Bertz CT molecular complexity index is 308. The van der Waals surface area contributed by atoms with Gasteiger partial charge in [-0.3, -0.25) is 0 Å². The van der Waals surface area contributed by atoms with Gasteiger partial charge in [-0.25, -0.2) is 19.1 Å². The Morgan fingerprint density at radius 1 is 1.14 bits per heavy atom. The van der Waals surface area contributed by atoms with Crippen LogP contribution in [0.1, 0.15) is 92.4 Å². The molecule has 22 heavy (non-hydrogen) atoms. The fourth-order valence-corrected chi connectivity index (χ4v) is 3.62. The van der Waals surface area contributed by atoms with Crippen molar-refractivity contribution in [1.29, 1.82) is 0 Å². The van der Waals surface area contributed by atoms with E-state index in [2.05, 4.69) is 60.3 Å². The summed E-state index contributed by atoms with van der Waals surface area (Å²) >= 11 is 0. The topological polar surface area (TPSA) is 0 Å². The molecule has 0 rings (SSSR count). The summed E-state index contributed by atoms with van der Waals surface area (Å²) in [5.74, 6) is 1.49. The van der Waals surface area contributed by atoms with Crippen molar-refractivity contribution in [2.45, 2.75) is 92.4 Å². The van der Waals surface area contributed by atoms with Crippen molar-refractivity contribution in [3.8, 4) is 0 Å². The van der Waals surface area contributed by atoms with Gasteiger partial charge in [0.1, 0.15) is 0 Å². The Kier molecular flexibility index (Phi) is 11.5. The molecule has 2 atom stereocenters. The summed E-state index contributed by atoms with van der Waals surface area (Å²) in [5, 5.41) is 0. The first-order valence-corrected chi connectivity index (χ1v) is 9.51. The summed E-state index contributed by atoms with van der Waals surface area (Å²) in [6.07, 6.45) is 16.3. The number of hydrogen-bond donors (Lipinski definition) is 0. The van der Waals surface area contributed by atoms with Gasteiger partial charge in [-0.1, -0.05) is 85.3 Å². The lowest BCUT2D eigenvalue weighted by Gasteiger charge is -2.33. The van der Waals surface area contributed by atoms with E-state index in [1.165, 1.54) is 44.9 Å². The predicted molar refractivity (Wildman–Crippen MR) is 103 cm³/mol. The van der Waals surface area contributed by atoms with Crippen LogP contribution in [0.4, 0.5) is 0 Å². The first-order chi connectivity index (χ1) is 10.3. The van der Waals surface area contributed by atoms with Crippen LogP contribution in [0.3, 0.4) is 0 Å². The lowest BCUT2D eigenvalue weighted by molar-refractivity contribution is 0.209. The van der Waals surface area contributed by atoms with E-state index in [4.69, 9.17) is 0 Å². The summed E-state index contributed by atoms with van der Waals surface area (Å²) in [5.41, 5.74) is 1.47. The smallest absolute Gasteiger partial charge is 0.0217 e. The molecule has 0 aromatic rings. The van der Waals surface area contributed by atoms with E-state index in [1.807, 2.05) is 0 Å². The Balaban J connectivity index is 4.58. The Labute approximate surface area is 141 Å². The summed E-state index contributed by atoms with van der Waals surface area (Å²) < 4.78 is 0. The Morgan fingerprint density at radius 3 is 2.32 bits per heavy atom. The second kappa shape index (κ2) is 11.9. The highest BCUT2D eigenvalue weighted by Gasteiger charge is 2.25. The number of allylic oxidation sites excluding steroid dienone is 3. The minimum Gasteiger partial charge on any atom is -0.242 e. The molecule has 0 fully saturated rings. The molecular formula is C22H41-. The van der Waals surface area contributed by atoms with Gasteiger partial charge in [-0.2, -0.15) is 0 Å². The van der Waals surface area contributed by atoms with Crippen molar-refractivity contribution in [2.24, 2.45) is 17.3 Å². The molecular weight excluding hydrogens is 264 g/mol. The fraction of sp³-hybridized carbons (Fsp3) is 0.773. The van der Waals surface area contributed by atoms with Crippen LogP contribution in [-0.4, -0.2) is 0 Å². The largest absolute Gasteiger partial charge is 0.242 e. The molecule has 0 radical (unpaired) electrons. The van der Waals surface area contributed by atoms with Crippen LogP contribution in [0, 0.1) is 24.2 Å². The van der Waals surface area contributed by atoms with Gasteiger partial charge in [-0.05, 0) is 36.5 Å². The average Bonchev–Trinajstić information content (AvgIpc) is 2.42. The number of unbranched alkanes of at least 4 members (excludes halogenated alkanes) is 2. The summed E-state index contributed by atoms with van der Waals surface area (Å²) in [6, 6.07) is 0. The third-order valence-corrected chi connectivity index (χ3v) is 4.64. The molecule has 0 heterocycles. The van der Waals surface area contributed by atoms with E-state index in [0.29, 0.717) is 11.3 Å². The normalized spacial score (nSPS) is 15.1. The van der Waals surface area contributed by atoms with Crippen LogP contribution in [-0.2, 0) is 0 Å². The van der Waals surface area contributed by atoms with Crippen LogP contribution in [0.2, 0.25) is 0 Å². The first-order valence-electron chi connectivity index (χ1n) is 9.51. The molecule has 0 heteroatoms. The van der Waals surface area contributed by atoms with E-state index in [1.54, 1.807) is 0 Å². The van der Waals surface area contributed by atoms with E-state index in [0.717, 1.165) is 24.3 Å². The number of rotatable bonds is 13. The summed E-state index contributed by atoms with van der Waals surface area (Å²) in [7, 11) is 0. The zero-order chi connectivity index (χ0) is 17.0. The molecule has 0 nitrogen and oxygen atoms in total. The third kappa shape index (κ3) is 11.0. The summed E-state index contributed by atoms with van der Waals surface area (Å²) in [6.45, 7) is 19.8. The van der Waals surface area contributed by atoms with Crippen LogP contribution in [0.5, 0.6) is 0 Å². The molecule has 0 aliphatic carbocycles. The molecule has 0 aliphatic rings. The van der Waals surface area contributed by atoms with Crippen molar-refractivity contribution in [3.63, 3.8) is 0 Å². The third-order valence-electron chi connectivity index (χ3n) is 4.64. The molecule has 0 bridgehead atoms. The van der Waals surface area contributed by atoms with Gasteiger partial charge >= 0.3 is 0 Å². The van der Waals surface area contributed by atoms with E-state index in [9.17, 15) is 0 Å². The van der Waals surface area contributed by atoms with Crippen molar-refractivity contribution in [3.05, 3.63) is 31.2 Å². The maximum Gasteiger partial charge on any atom is -0.0217 e. The van der Waals surface area contributed by atoms with Gasteiger partial charge in [0.05, 0.1) is 0 Å². The van der Waals surface area contributed by atoms with Crippen molar-refractivity contribution in [1.82, 2.24) is 0 Å². The highest BCUT2D eigenvalue weighted by Crippen LogP contribution is 2.37. The minimum atomic E-state index is 0.408. The predicted octanol–water partition coefficient (Wildman–Crippen LogP) is 7.76. The highest BCUT2D eigenvalue weighted by atomic mass is 14.3. The minimum absolute atomic E-state index is 0.408. The second-order valence-electron chi connectivity index (χ2n) is 7.89. The van der Waals surface area contributed by atoms with Crippen molar-refractivity contribution >= 4 is 0 Å². The molecule has 0 saturated carbocycles. The SMILES string of the molecule is C=C([CH2-])CC(/C=C/CC)CC(C)(C)CC(CC)CCCCC. The van der Waals surface area contributed by atoms with Crippen LogP contribution >= 0.6 is 0 Å². The average molecular weight is 306 g/mol. The van der Waals surface area contributed by atoms with E-state index in [-0.39, 0.29) is 0 Å². The standard InChI is InChI=1S/C22H41/c1-8-11-13-15-20(10-3)17-22(6,7)18-21(14-12-9-2)16-19(4)5/h12,14,20-21H,4-5,8-11,13,15-18H2,1-3,6-7H3/q-1/b14-12+. The quantitative estimate of drug-likeness (QED) is 0.185. The fourth-order valence-electron chi connectivity index (χ4n) is 3.62. The van der Waals surface area contributed by atoms with Gasteiger partial charge < -0.3 is 0 Å². The van der Waals surface area contributed by atoms with Crippen LogP contribution < -0.4 is 0 Å². The molecule has 0 aliphatic heterocycles. The van der Waals surface area contributed by atoms with Gasteiger partial charge in [-0.15, -0.1) is 0 Å². The lowest BCUT2D eigenvalue weighted by atomic mass is 9.73. The van der Waals surface area contributed by atoms with E-state index < -0.39 is 0 Å². The highest BCUT2D eigenvalue weighted by molar-refractivity contribution is 5.04. The van der Waals surface area contributed by atoms with E-state index >= 15 is 0 Å². The molecule has 0 saturated heterocycles. The zero-order valence-corrected chi connectivity index (χ0v) is 16.1. The zero-order valence-electron chi connectivity index (χ0n) is 16.1. The molecule has 0 amide bonds. The molecule has 2 unspecified atom stereocenters. The summed E-state index contributed by atoms with van der Waals surface area (Å²) in [4.78, 5) is 0. The maximum absolute atomic E-state index is 4.02. The molecule has 0 N–H and O–H groups in total. The van der Waals surface area contributed by atoms with Gasteiger partial charge in [0, 0.05) is 0 Å². The molecule has 130 valence electrons. The molecule has 0 aromatic heterocycles. The van der Waals surface area contributed by atoms with Crippen LogP contribution in [0.25, 0.3) is 0 Å². The monoisotopic (exact) mass is 305 g/mol. The number of hydrogen-bond acceptors (Lipinski definition) is 0. The van der Waals surface area contributed by atoms with Crippen molar-refractivity contribution in [2.75, 3.05) is 0 Å². The maximum atomic E-state index is 4.02.